The van der Waals surface area contributed by atoms with Crippen molar-refractivity contribution in [1.82, 2.24) is 15.4 Å². The Morgan fingerprint density at radius 1 is 1.24 bits per heavy atom. The summed E-state index contributed by atoms with van der Waals surface area (Å²) >= 11 is 0. The van der Waals surface area contributed by atoms with Crippen molar-refractivity contribution in [3.8, 4) is 11.5 Å². The molecular weight excluding hydrogens is 344 g/mol. The molecule has 1 rings (SSSR count). The van der Waals surface area contributed by atoms with Gasteiger partial charge in [0.15, 0.2) is 5.96 Å². The van der Waals surface area contributed by atoms with Crippen LogP contribution in [0, 0.1) is 0 Å². The predicted octanol–water partition coefficient (Wildman–Crippen LogP) is 0.567. The topological polar surface area (TPSA) is 101 Å². The number of guanidine groups is 1. The number of hydrogen-bond donors (Lipinski definition) is 3. The molecule has 0 aromatic heterocycles. The molecule has 142 valence electrons. The lowest BCUT2D eigenvalue weighted by atomic mass is 10.3. The molecule has 0 aliphatic carbocycles. The van der Waals surface area contributed by atoms with Crippen molar-refractivity contribution in [2.45, 2.75) is 19.4 Å². The lowest BCUT2D eigenvalue weighted by Gasteiger charge is -2.18. The number of benzene rings is 1. The van der Waals surface area contributed by atoms with E-state index < -0.39 is 10.0 Å². The van der Waals surface area contributed by atoms with E-state index in [9.17, 15) is 8.42 Å². The number of rotatable bonds is 10. The van der Waals surface area contributed by atoms with E-state index in [1.165, 1.54) is 0 Å². The fourth-order valence-corrected chi connectivity index (χ4v) is 2.48. The van der Waals surface area contributed by atoms with Gasteiger partial charge in [-0.15, -0.1) is 0 Å². The summed E-state index contributed by atoms with van der Waals surface area (Å²) in [4.78, 5) is 4.12. The van der Waals surface area contributed by atoms with E-state index in [1.54, 1.807) is 14.2 Å². The van der Waals surface area contributed by atoms with Gasteiger partial charge in [0.05, 0.1) is 19.9 Å². The van der Waals surface area contributed by atoms with Crippen LogP contribution in [0.25, 0.3) is 0 Å². The van der Waals surface area contributed by atoms with E-state index in [0.717, 1.165) is 17.8 Å². The molecule has 1 unspecified atom stereocenters. The number of ether oxygens (including phenoxy) is 2. The minimum atomic E-state index is -3.14. The number of nitrogens with zero attached hydrogens (tertiary/aromatic N) is 1. The van der Waals surface area contributed by atoms with Crippen molar-refractivity contribution >= 4 is 16.0 Å². The average molecular weight is 372 g/mol. The molecule has 0 radical (unpaired) electrons. The van der Waals surface area contributed by atoms with E-state index in [0.29, 0.717) is 32.0 Å². The zero-order valence-electron chi connectivity index (χ0n) is 15.2. The zero-order chi connectivity index (χ0) is 18.7. The summed E-state index contributed by atoms with van der Waals surface area (Å²) in [5, 5.41) is 6.29. The fourth-order valence-electron chi connectivity index (χ4n) is 1.96. The summed E-state index contributed by atoms with van der Waals surface area (Å²) in [7, 11) is 0.159. The molecule has 0 bridgehead atoms. The van der Waals surface area contributed by atoms with E-state index in [2.05, 4.69) is 20.3 Å². The van der Waals surface area contributed by atoms with Crippen molar-refractivity contribution < 1.29 is 17.9 Å². The van der Waals surface area contributed by atoms with Crippen molar-refractivity contribution in [3.63, 3.8) is 0 Å². The van der Waals surface area contributed by atoms with Crippen LogP contribution in [0.5, 0.6) is 11.5 Å². The molecule has 1 aromatic rings. The predicted molar refractivity (Wildman–Crippen MR) is 99.9 cm³/mol. The summed E-state index contributed by atoms with van der Waals surface area (Å²) in [6.45, 7) is 3.51. The molecule has 25 heavy (non-hydrogen) atoms. The SMILES string of the molecule is CN=C(NCCCNS(C)(=O)=O)NCC(C)Oc1cccc(OC)c1. The van der Waals surface area contributed by atoms with Crippen LogP contribution in [0.3, 0.4) is 0 Å². The molecule has 0 amide bonds. The molecule has 0 aliphatic heterocycles. The van der Waals surface area contributed by atoms with Gasteiger partial charge in [0.2, 0.25) is 10.0 Å². The van der Waals surface area contributed by atoms with Crippen LogP contribution in [-0.4, -0.2) is 60.5 Å². The van der Waals surface area contributed by atoms with E-state index in [4.69, 9.17) is 9.47 Å². The Hall–Kier alpha value is -2.00. The first-order valence-electron chi connectivity index (χ1n) is 8.04. The summed E-state index contributed by atoms with van der Waals surface area (Å²) in [6.07, 6.45) is 1.73. The molecule has 0 aliphatic rings. The monoisotopic (exact) mass is 372 g/mol. The maximum atomic E-state index is 11.0. The quantitative estimate of drug-likeness (QED) is 0.315. The second kappa shape index (κ2) is 10.8. The summed E-state index contributed by atoms with van der Waals surface area (Å²) in [5.74, 6) is 2.13. The normalized spacial score (nSPS) is 13.2. The van der Waals surface area contributed by atoms with Crippen molar-refractivity contribution in [1.29, 1.82) is 0 Å². The third kappa shape index (κ3) is 9.78. The molecule has 0 heterocycles. The van der Waals surface area contributed by atoms with Crippen LogP contribution < -0.4 is 24.8 Å². The molecule has 0 fully saturated rings. The third-order valence-electron chi connectivity index (χ3n) is 3.17. The Bertz CT molecular complexity index is 649. The maximum Gasteiger partial charge on any atom is 0.208 e. The van der Waals surface area contributed by atoms with Gasteiger partial charge in [-0.25, -0.2) is 13.1 Å². The van der Waals surface area contributed by atoms with E-state index in [1.807, 2.05) is 31.2 Å². The van der Waals surface area contributed by atoms with Gasteiger partial charge in [-0.3, -0.25) is 4.99 Å². The van der Waals surface area contributed by atoms with Gasteiger partial charge in [-0.1, -0.05) is 6.07 Å². The van der Waals surface area contributed by atoms with Crippen LogP contribution in [-0.2, 0) is 10.0 Å². The first-order valence-corrected chi connectivity index (χ1v) is 9.93. The third-order valence-corrected chi connectivity index (χ3v) is 3.90. The molecule has 1 aromatic carbocycles. The fraction of sp³-hybridized carbons (Fsp3) is 0.562. The molecule has 1 atom stereocenters. The van der Waals surface area contributed by atoms with Crippen molar-refractivity contribution in [2.24, 2.45) is 4.99 Å². The average Bonchev–Trinajstić information content (AvgIpc) is 2.56. The highest BCUT2D eigenvalue weighted by Crippen LogP contribution is 2.19. The van der Waals surface area contributed by atoms with Crippen LogP contribution in [0.2, 0.25) is 0 Å². The van der Waals surface area contributed by atoms with Gasteiger partial charge >= 0.3 is 0 Å². The highest BCUT2D eigenvalue weighted by atomic mass is 32.2. The van der Waals surface area contributed by atoms with Crippen LogP contribution >= 0.6 is 0 Å². The summed E-state index contributed by atoms with van der Waals surface area (Å²) in [5.41, 5.74) is 0. The number of sulfonamides is 1. The molecule has 8 nitrogen and oxygen atoms in total. The van der Waals surface area contributed by atoms with Crippen LogP contribution in [0.1, 0.15) is 13.3 Å². The molecule has 0 saturated carbocycles. The summed E-state index contributed by atoms with van der Waals surface area (Å²) in [6, 6.07) is 7.44. The minimum Gasteiger partial charge on any atom is -0.497 e. The van der Waals surface area contributed by atoms with E-state index >= 15 is 0 Å². The second-order valence-electron chi connectivity index (χ2n) is 5.51. The first-order chi connectivity index (χ1) is 11.8. The van der Waals surface area contributed by atoms with Crippen molar-refractivity contribution in [3.05, 3.63) is 24.3 Å². The van der Waals surface area contributed by atoms with Crippen LogP contribution in [0.4, 0.5) is 0 Å². The lowest BCUT2D eigenvalue weighted by molar-refractivity contribution is 0.223. The van der Waals surface area contributed by atoms with Gasteiger partial charge in [0, 0.05) is 26.2 Å². The number of hydrogen-bond acceptors (Lipinski definition) is 5. The molecule has 3 N–H and O–H groups in total. The van der Waals surface area contributed by atoms with Gasteiger partial charge in [-0.2, -0.15) is 0 Å². The summed E-state index contributed by atoms with van der Waals surface area (Å²) < 4.78 is 35.4. The number of nitrogens with one attached hydrogen (secondary N) is 3. The molecule has 0 spiro atoms. The van der Waals surface area contributed by atoms with Gasteiger partial charge in [0.25, 0.3) is 0 Å². The van der Waals surface area contributed by atoms with Gasteiger partial charge in [-0.05, 0) is 25.5 Å². The first kappa shape index (κ1) is 21.0. The van der Waals surface area contributed by atoms with Gasteiger partial charge in [0.1, 0.15) is 17.6 Å². The lowest BCUT2D eigenvalue weighted by Crippen LogP contribution is -2.42. The van der Waals surface area contributed by atoms with Crippen LogP contribution in [0.15, 0.2) is 29.3 Å². The minimum absolute atomic E-state index is 0.0717. The Labute approximate surface area is 150 Å². The van der Waals surface area contributed by atoms with Crippen molar-refractivity contribution in [2.75, 3.05) is 40.0 Å². The smallest absolute Gasteiger partial charge is 0.208 e. The number of methoxy groups -OCH3 is 1. The maximum absolute atomic E-state index is 11.0. The Morgan fingerprint density at radius 2 is 1.96 bits per heavy atom. The van der Waals surface area contributed by atoms with E-state index in [-0.39, 0.29) is 6.10 Å². The second-order valence-corrected chi connectivity index (χ2v) is 7.34. The Morgan fingerprint density at radius 3 is 2.60 bits per heavy atom. The standard InChI is InChI=1S/C16H28N4O4S/c1-13(24-15-8-5-7-14(11-15)23-3)12-19-16(17-2)18-9-6-10-20-25(4,21)22/h5,7-8,11,13,20H,6,9-10,12H2,1-4H3,(H2,17,18,19). The van der Waals surface area contributed by atoms with Gasteiger partial charge < -0.3 is 20.1 Å². The molecule has 9 heteroatoms. The number of aliphatic imine (C=N–C) groups is 1. The molecule has 0 saturated heterocycles. The Balaban J connectivity index is 2.29. The Kier molecular flexibility index (Phi) is 9.07. The molecular formula is C16H28N4O4S. The largest absolute Gasteiger partial charge is 0.497 e. The zero-order valence-corrected chi connectivity index (χ0v) is 16.0. The highest BCUT2D eigenvalue weighted by molar-refractivity contribution is 7.88. The highest BCUT2D eigenvalue weighted by Gasteiger charge is 2.06.